The second kappa shape index (κ2) is 5.47. The number of rotatable bonds is 1. The first-order chi connectivity index (χ1) is 7.86. The van der Waals surface area contributed by atoms with Crippen molar-refractivity contribution in [3.63, 3.8) is 0 Å². The van der Waals surface area contributed by atoms with E-state index in [4.69, 9.17) is 0 Å². The Morgan fingerprint density at radius 1 is 0.750 bits per heavy atom. The standard InChI is InChI=1S/C15H14S/c1-13-12-15(10-6-3-7-11-16-13)14-8-4-2-5-9-14/h2-12H,1H3. The third-order valence-electron chi connectivity index (χ3n) is 2.30. The highest BCUT2D eigenvalue weighted by Gasteiger charge is 1.93. The average Bonchev–Trinajstić information content (AvgIpc) is 2.42. The van der Waals surface area contributed by atoms with Crippen molar-refractivity contribution in [2.24, 2.45) is 0 Å². The summed E-state index contributed by atoms with van der Waals surface area (Å²) in [5.41, 5.74) is 2.51. The molecule has 0 aliphatic carbocycles. The van der Waals surface area contributed by atoms with E-state index in [2.05, 4.69) is 66.9 Å². The minimum atomic E-state index is 1.26. The maximum atomic E-state index is 2.22. The lowest BCUT2D eigenvalue weighted by molar-refractivity contribution is 1.58. The summed E-state index contributed by atoms with van der Waals surface area (Å²) in [6.45, 7) is 2.14. The predicted octanol–water partition coefficient (Wildman–Crippen LogP) is 4.85. The van der Waals surface area contributed by atoms with Crippen LogP contribution in [0.5, 0.6) is 0 Å². The molecular formula is C15H14S. The number of aryl methyl sites for hydroxylation is 1. The highest BCUT2D eigenvalue weighted by atomic mass is 32.1. The van der Waals surface area contributed by atoms with Crippen LogP contribution in [0.3, 0.4) is 0 Å². The summed E-state index contributed by atoms with van der Waals surface area (Å²) in [5.74, 6) is 0. The Kier molecular flexibility index (Phi) is 3.73. The van der Waals surface area contributed by atoms with Gasteiger partial charge >= 0.3 is 0 Å². The molecule has 0 spiro atoms. The molecule has 0 aliphatic rings. The van der Waals surface area contributed by atoms with E-state index in [1.165, 1.54) is 16.0 Å². The molecule has 1 heterocycles. The van der Waals surface area contributed by atoms with Gasteiger partial charge < -0.3 is 0 Å². The largest absolute Gasteiger partial charge is 0.149 e. The van der Waals surface area contributed by atoms with Crippen molar-refractivity contribution in [1.29, 1.82) is 0 Å². The van der Waals surface area contributed by atoms with Gasteiger partial charge in [0.05, 0.1) is 0 Å². The van der Waals surface area contributed by atoms with Crippen LogP contribution in [0.4, 0.5) is 0 Å². The summed E-state index contributed by atoms with van der Waals surface area (Å²) in [6.07, 6.45) is 0. The molecule has 1 aromatic heterocycles. The molecular weight excluding hydrogens is 212 g/mol. The van der Waals surface area contributed by atoms with Gasteiger partial charge in [0.15, 0.2) is 0 Å². The normalized spacial score (nSPS) is 9.56. The molecule has 0 nitrogen and oxygen atoms in total. The van der Waals surface area contributed by atoms with E-state index < -0.39 is 0 Å². The molecule has 0 saturated carbocycles. The van der Waals surface area contributed by atoms with Crippen LogP contribution in [0.1, 0.15) is 4.88 Å². The third-order valence-corrected chi connectivity index (χ3v) is 3.08. The Hall–Kier alpha value is -1.60. The number of hydrogen-bond acceptors (Lipinski definition) is 1. The summed E-state index contributed by atoms with van der Waals surface area (Å²) in [5, 5.41) is 2.10. The minimum Gasteiger partial charge on any atom is -0.149 e. The van der Waals surface area contributed by atoms with E-state index in [-0.39, 0.29) is 0 Å². The van der Waals surface area contributed by atoms with Crippen LogP contribution in [-0.2, 0) is 0 Å². The zero-order chi connectivity index (χ0) is 11.2. The maximum absolute atomic E-state index is 2.22. The second-order valence-corrected chi connectivity index (χ2v) is 4.73. The summed E-state index contributed by atoms with van der Waals surface area (Å²) < 4.78 is 0. The Labute approximate surface area is 101 Å². The van der Waals surface area contributed by atoms with Crippen molar-refractivity contribution in [3.8, 4) is 11.1 Å². The van der Waals surface area contributed by atoms with Gasteiger partial charge in [-0.2, -0.15) is 0 Å². The quantitative estimate of drug-likeness (QED) is 0.652. The van der Waals surface area contributed by atoms with E-state index in [1.54, 1.807) is 11.3 Å². The molecule has 0 unspecified atom stereocenters. The first-order valence-corrected chi connectivity index (χ1v) is 6.18. The van der Waals surface area contributed by atoms with Crippen LogP contribution >= 0.6 is 11.3 Å². The lowest BCUT2D eigenvalue weighted by Crippen LogP contribution is -1.73. The fourth-order valence-electron chi connectivity index (χ4n) is 1.53. The molecule has 0 fully saturated rings. The molecule has 2 aromatic rings. The van der Waals surface area contributed by atoms with Gasteiger partial charge in [-0.1, -0.05) is 54.6 Å². The van der Waals surface area contributed by atoms with Crippen molar-refractivity contribution in [1.82, 2.24) is 0 Å². The molecule has 1 aromatic carbocycles. The highest BCUT2D eigenvalue weighted by molar-refractivity contribution is 7.09. The molecule has 0 amide bonds. The molecule has 0 N–H and O–H groups in total. The van der Waals surface area contributed by atoms with Gasteiger partial charge in [-0.25, -0.2) is 0 Å². The van der Waals surface area contributed by atoms with Gasteiger partial charge in [-0.15, -0.1) is 11.3 Å². The van der Waals surface area contributed by atoms with E-state index >= 15 is 0 Å². The van der Waals surface area contributed by atoms with Crippen LogP contribution in [0.15, 0.2) is 66.0 Å². The maximum Gasteiger partial charge on any atom is 0.00200 e. The van der Waals surface area contributed by atoms with E-state index in [0.29, 0.717) is 0 Å². The van der Waals surface area contributed by atoms with Gasteiger partial charge in [-0.05, 0) is 29.5 Å². The van der Waals surface area contributed by atoms with Gasteiger partial charge in [0.25, 0.3) is 0 Å². The molecule has 0 bridgehead atoms. The Bertz CT molecular complexity index is 496. The summed E-state index contributed by atoms with van der Waals surface area (Å²) in [6, 6.07) is 21.0. The van der Waals surface area contributed by atoms with Crippen LogP contribution in [0.2, 0.25) is 0 Å². The summed E-state index contributed by atoms with van der Waals surface area (Å²) in [7, 11) is 0. The molecule has 80 valence electrons. The fraction of sp³-hybridized carbons (Fsp3) is 0.0667. The second-order valence-electron chi connectivity index (χ2n) is 3.57. The molecule has 0 atom stereocenters. The Morgan fingerprint density at radius 2 is 1.38 bits per heavy atom. The molecule has 0 saturated heterocycles. The lowest BCUT2D eigenvalue weighted by Gasteiger charge is -1.98. The SMILES string of the molecule is Cc1cc(-c2ccccc2)cccccs1. The Balaban J connectivity index is 2.58. The Morgan fingerprint density at radius 3 is 2.12 bits per heavy atom. The van der Waals surface area contributed by atoms with E-state index in [0.717, 1.165) is 0 Å². The fourth-order valence-corrected chi connectivity index (χ4v) is 2.11. The molecule has 1 heteroatoms. The number of benzene rings is 1. The predicted molar refractivity (Wildman–Crippen MR) is 72.1 cm³/mol. The monoisotopic (exact) mass is 226 g/mol. The van der Waals surface area contributed by atoms with Crippen molar-refractivity contribution < 1.29 is 0 Å². The smallest absolute Gasteiger partial charge is 0.00200 e. The first-order valence-electron chi connectivity index (χ1n) is 5.30. The summed E-state index contributed by atoms with van der Waals surface area (Å²) in [4.78, 5) is 1.30. The lowest BCUT2D eigenvalue weighted by atomic mass is 10.1. The van der Waals surface area contributed by atoms with Crippen molar-refractivity contribution in [3.05, 3.63) is 70.9 Å². The molecule has 2 rings (SSSR count). The highest BCUT2D eigenvalue weighted by Crippen LogP contribution is 2.18. The van der Waals surface area contributed by atoms with Crippen molar-refractivity contribution in [2.45, 2.75) is 6.92 Å². The van der Waals surface area contributed by atoms with Crippen LogP contribution in [0, 0.1) is 6.92 Å². The topological polar surface area (TPSA) is 0 Å². The molecule has 16 heavy (non-hydrogen) atoms. The average molecular weight is 226 g/mol. The van der Waals surface area contributed by atoms with Crippen molar-refractivity contribution in [2.75, 3.05) is 0 Å². The van der Waals surface area contributed by atoms with Gasteiger partial charge in [0, 0.05) is 4.88 Å². The minimum absolute atomic E-state index is 1.26. The van der Waals surface area contributed by atoms with Crippen LogP contribution in [0.25, 0.3) is 11.1 Å². The van der Waals surface area contributed by atoms with Gasteiger partial charge in [0.2, 0.25) is 0 Å². The van der Waals surface area contributed by atoms with Gasteiger partial charge in [0.1, 0.15) is 0 Å². The van der Waals surface area contributed by atoms with E-state index in [1.807, 2.05) is 6.07 Å². The zero-order valence-electron chi connectivity index (χ0n) is 9.26. The zero-order valence-corrected chi connectivity index (χ0v) is 10.1. The van der Waals surface area contributed by atoms with E-state index in [9.17, 15) is 0 Å². The first kappa shape index (κ1) is 10.9. The van der Waals surface area contributed by atoms with Crippen LogP contribution in [-0.4, -0.2) is 0 Å². The van der Waals surface area contributed by atoms with Gasteiger partial charge in [-0.3, -0.25) is 0 Å². The van der Waals surface area contributed by atoms with Crippen molar-refractivity contribution >= 4 is 11.3 Å². The molecule has 0 aliphatic heterocycles. The molecule has 0 radical (unpaired) electrons. The third kappa shape index (κ3) is 2.94. The summed E-state index contributed by atoms with van der Waals surface area (Å²) >= 11 is 1.75. The van der Waals surface area contributed by atoms with Crippen LogP contribution < -0.4 is 0 Å². The number of hydrogen-bond donors (Lipinski definition) is 0.